The zero-order chi connectivity index (χ0) is 17.1. The highest BCUT2D eigenvalue weighted by atomic mass is 19.1. The van der Waals surface area contributed by atoms with Crippen LogP contribution in [0.2, 0.25) is 0 Å². The molecule has 7 heteroatoms. The van der Waals surface area contributed by atoms with Crippen molar-refractivity contribution in [2.45, 2.75) is 25.5 Å². The Morgan fingerprint density at radius 3 is 2.58 bits per heavy atom. The van der Waals surface area contributed by atoms with Gasteiger partial charge < -0.3 is 4.74 Å². The van der Waals surface area contributed by atoms with E-state index in [0.717, 1.165) is 30.5 Å². The van der Waals surface area contributed by atoms with Gasteiger partial charge in [0.25, 0.3) is 5.69 Å². The number of ether oxygens (including phenoxy) is 1. The molecule has 24 heavy (non-hydrogen) atoms. The average Bonchev–Trinajstić information content (AvgIpc) is 3.40. The lowest BCUT2D eigenvalue weighted by molar-refractivity contribution is -0.384. The Morgan fingerprint density at radius 1 is 1.25 bits per heavy atom. The maximum Gasteiger partial charge on any atom is 0.415 e. The summed E-state index contributed by atoms with van der Waals surface area (Å²) in [4.78, 5) is 24.2. The summed E-state index contributed by atoms with van der Waals surface area (Å²) in [5.74, 6) is -0.723. The van der Waals surface area contributed by atoms with Gasteiger partial charge in [-0.25, -0.2) is 9.18 Å². The monoisotopic (exact) mass is 330 g/mol. The third-order valence-corrected chi connectivity index (χ3v) is 3.71. The number of carbonyl (C=O) groups is 1. The first-order valence-corrected chi connectivity index (χ1v) is 7.50. The molecular weight excluding hydrogens is 315 g/mol. The summed E-state index contributed by atoms with van der Waals surface area (Å²) in [6.45, 7) is 0.0673. The van der Waals surface area contributed by atoms with E-state index in [-0.39, 0.29) is 18.3 Å². The molecule has 1 aliphatic carbocycles. The molecule has 0 spiro atoms. The van der Waals surface area contributed by atoms with E-state index >= 15 is 0 Å². The van der Waals surface area contributed by atoms with Crippen LogP contribution < -0.4 is 4.90 Å². The van der Waals surface area contributed by atoms with Crippen LogP contribution in [0.5, 0.6) is 0 Å². The van der Waals surface area contributed by atoms with Gasteiger partial charge in [-0.05, 0) is 30.5 Å². The van der Waals surface area contributed by atoms with Gasteiger partial charge in [-0.3, -0.25) is 15.0 Å². The predicted molar refractivity (Wildman–Crippen MR) is 85.2 cm³/mol. The molecule has 0 atom stereocenters. The number of rotatable bonds is 5. The quantitative estimate of drug-likeness (QED) is 0.612. The van der Waals surface area contributed by atoms with Gasteiger partial charge in [0, 0.05) is 6.04 Å². The molecule has 0 N–H and O–H groups in total. The second kappa shape index (κ2) is 6.66. The molecule has 0 heterocycles. The SMILES string of the molecule is O=C(OCc1ccccc1)N(c1ccc(F)cc1[N+](=O)[O-])C1CC1. The summed E-state index contributed by atoms with van der Waals surface area (Å²) in [6, 6.07) is 12.1. The van der Waals surface area contributed by atoms with Crippen molar-refractivity contribution in [2.24, 2.45) is 0 Å². The molecule has 1 fully saturated rings. The standard InChI is InChI=1S/C17H15FN2O4/c18-13-6-9-15(16(10-13)20(22)23)19(14-7-8-14)17(21)24-11-12-4-2-1-3-5-12/h1-6,9-10,14H,7-8,11H2. The van der Waals surface area contributed by atoms with Crippen LogP contribution in [0.15, 0.2) is 48.5 Å². The molecular formula is C17H15FN2O4. The lowest BCUT2D eigenvalue weighted by atomic mass is 10.2. The summed E-state index contributed by atoms with van der Waals surface area (Å²) in [5, 5.41) is 11.2. The highest BCUT2D eigenvalue weighted by Crippen LogP contribution is 2.37. The van der Waals surface area contributed by atoms with Crippen LogP contribution in [0.1, 0.15) is 18.4 Å². The fraction of sp³-hybridized carbons (Fsp3) is 0.235. The number of nitro groups is 1. The van der Waals surface area contributed by atoms with Crippen LogP contribution in [-0.2, 0) is 11.3 Å². The molecule has 1 amide bonds. The second-order valence-electron chi connectivity index (χ2n) is 5.53. The maximum atomic E-state index is 13.3. The molecule has 0 aromatic heterocycles. The second-order valence-corrected chi connectivity index (χ2v) is 5.53. The number of halogens is 1. The molecule has 2 aromatic carbocycles. The Balaban J connectivity index is 1.82. The van der Waals surface area contributed by atoms with Crippen molar-refractivity contribution in [3.8, 4) is 0 Å². The third-order valence-electron chi connectivity index (χ3n) is 3.71. The number of benzene rings is 2. The number of amides is 1. The Labute approximate surface area is 137 Å². The zero-order valence-corrected chi connectivity index (χ0v) is 12.7. The maximum absolute atomic E-state index is 13.3. The smallest absolute Gasteiger partial charge is 0.415 e. The fourth-order valence-corrected chi connectivity index (χ4v) is 2.41. The molecule has 0 saturated heterocycles. The van der Waals surface area contributed by atoms with E-state index in [9.17, 15) is 19.3 Å². The van der Waals surface area contributed by atoms with E-state index in [4.69, 9.17) is 4.74 Å². The molecule has 2 aromatic rings. The molecule has 6 nitrogen and oxygen atoms in total. The van der Waals surface area contributed by atoms with Gasteiger partial charge in [0.2, 0.25) is 0 Å². The number of anilines is 1. The number of nitrogens with zero attached hydrogens (tertiary/aromatic N) is 2. The van der Waals surface area contributed by atoms with Gasteiger partial charge in [-0.2, -0.15) is 0 Å². The van der Waals surface area contributed by atoms with Crippen LogP contribution in [0.4, 0.5) is 20.6 Å². The summed E-state index contributed by atoms with van der Waals surface area (Å²) in [7, 11) is 0. The van der Waals surface area contributed by atoms with Gasteiger partial charge in [-0.15, -0.1) is 0 Å². The highest BCUT2D eigenvalue weighted by molar-refractivity contribution is 5.91. The fourth-order valence-electron chi connectivity index (χ4n) is 2.41. The first-order chi connectivity index (χ1) is 11.6. The van der Waals surface area contributed by atoms with Gasteiger partial charge in [0.15, 0.2) is 0 Å². The largest absolute Gasteiger partial charge is 0.444 e. The average molecular weight is 330 g/mol. The van der Waals surface area contributed by atoms with Crippen molar-refractivity contribution in [1.29, 1.82) is 0 Å². The molecule has 1 aliphatic rings. The lowest BCUT2D eigenvalue weighted by Gasteiger charge is -2.21. The molecule has 1 saturated carbocycles. The van der Waals surface area contributed by atoms with Gasteiger partial charge >= 0.3 is 6.09 Å². The minimum atomic E-state index is -0.723. The Bertz CT molecular complexity index is 762. The van der Waals surface area contributed by atoms with Crippen molar-refractivity contribution in [1.82, 2.24) is 0 Å². The van der Waals surface area contributed by atoms with E-state index < -0.39 is 22.5 Å². The molecule has 0 aliphatic heterocycles. The summed E-state index contributed by atoms with van der Waals surface area (Å²) < 4.78 is 18.6. The Kier molecular flexibility index (Phi) is 4.41. The molecule has 0 unspecified atom stereocenters. The summed E-state index contributed by atoms with van der Waals surface area (Å²) >= 11 is 0. The van der Waals surface area contributed by atoms with Crippen LogP contribution in [-0.4, -0.2) is 17.1 Å². The summed E-state index contributed by atoms with van der Waals surface area (Å²) in [5.41, 5.74) is 0.427. The first-order valence-electron chi connectivity index (χ1n) is 7.50. The normalized spacial score (nSPS) is 13.4. The topological polar surface area (TPSA) is 72.7 Å². The third kappa shape index (κ3) is 3.51. The number of hydrogen-bond acceptors (Lipinski definition) is 4. The van der Waals surface area contributed by atoms with Crippen molar-refractivity contribution < 1.29 is 18.8 Å². The van der Waals surface area contributed by atoms with Crippen molar-refractivity contribution >= 4 is 17.5 Å². The van der Waals surface area contributed by atoms with E-state index in [2.05, 4.69) is 0 Å². The van der Waals surface area contributed by atoms with Gasteiger partial charge in [0.1, 0.15) is 18.1 Å². The first kappa shape index (κ1) is 15.9. The minimum Gasteiger partial charge on any atom is -0.444 e. The lowest BCUT2D eigenvalue weighted by Crippen LogP contribution is -2.34. The van der Waals surface area contributed by atoms with Crippen LogP contribution >= 0.6 is 0 Å². The molecule has 0 bridgehead atoms. The van der Waals surface area contributed by atoms with Gasteiger partial charge in [-0.1, -0.05) is 30.3 Å². The Morgan fingerprint density at radius 2 is 1.96 bits per heavy atom. The Hall–Kier alpha value is -2.96. The van der Waals surface area contributed by atoms with E-state index in [1.165, 1.54) is 11.0 Å². The molecule has 3 rings (SSSR count). The molecule has 124 valence electrons. The van der Waals surface area contributed by atoms with E-state index in [1.54, 1.807) is 0 Å². The highest BCUT2D eigenvalue weighted by Gasteiger charge is 2.38. The van der Waals surface area contributed by atoms with E-state index in [1.807, 2.05) is 30.3 Å². The zero-order valence-electron chi connectivity index (χ0n) is 12.7. The van der Waals surface area contributed by atoms with Crippen LogP contribution in [0.3, 0.4) is 0 Å². The van der Waals surface area contributed by atoms with Crippen molar-refractivity contribution in [3.63, 3.8) is 0 Å². The summed E-state index contributed by atoms with van der Waals surface area (Å²) in [6.07, 6.45) is 0.792. The van der Waals surface area contributed by atoms with Crippen molar-refractivity contribution in [3.05, 3.63) is 70.0 Å². The predicted octanol–water partition coefficient (Wildman–Crippen LogP) is 4.04. The van der Waals surface area contributed by atoms with Crippen LogP contribution in [0.25, 0.3) is 0 Å². The number of hydrogen-bond donors (Lipinski definition) is 0. The number of carbonyl (C=O) groups excluding carboxylic acids is 1. The van der Waals surface area contributed by atoms with Crippen LogP contribution in [0, 0.1) is 15.9 Å². The molecule has 0 radical (unpaired) electrons. The minimum absolute atomic E-state index is 0.0574. The van der Waals surface area contributed by atoms with E-state index in [0.29, 0.717) is 0 Å². The van der Waals surface area contributed by atoms with Crippen molar-refractivity contribution in [2.75, 3.05) is 4.90 Å². The number of nitro benzene ring substituents is 1. The van der Waals surface area contributed by atoms with Gasteiger partial charge in [0.05, 0.1) is 11.0 Å².